The lowest BCUT2D eigenvalue weighted by atomic mass is 10.2. The smallest absolute Gasteiger partial charge is 0.312 e. The van der Waals surface area contributed by atoms with Crippen LogP contribution in [-0.4, -0.2) is 21.8 Å². The third-order valence-corrected chi connectivity index (χ3v) is 4.86. The lowest BCUT2D eigenvalue weighted by molar-refractivity contribution is -0.144. The van der Waals surface area contributed by atoms with E-state index in [4.69, 9.17) is 4.74 Å². The Balaban J connectivity index is 1.52. The number of hydrogen-bond donors (Lipinski definition) is 1. The summed E-state index contributed by atoms with van der Waals surface area (Å²) in [6, 6.07) is 9.82. The Morgan fingerprint density at radius 2 is 1.84 bits per heavy atom. The first-order valence-electron chi connectivity index (χ1n) is 7.47. The zero-order chi connectivity index (χ0) is 17.6. The van der Waals surface area contributed by atoms with E-state index in [2.05, 4.69) is 15.3 Å². The number of esters is 1. The van der Waals surface area contributed by atoms with Gasteiger partial charge in [0.1, 0.15) is 11.6 Å². The molecule has 0 atom stereocenters. The predicted octanol–water partition coefficient (Wildman–Crippen LogP) is 3.51. The van der Waals surface area contributed by atoms with E-state index in [1.807, 2.05) is 35.7 Å². The van der Waals surface area contributed by atoms with Crippen LogP contribution in [-0.2, 0) is 27.4 Å². The molecular formula is C17H15N3O3S2. The van der Waals surface area contributed by atoms with Gasteiger partial charge < -0.3 is 10.1 Å². The number of benzene rings is 1. The maximum atomic E-state index is 12.0. The number of nitrogens with one attached hydrogen (secondary N) is 1. The highest BCUT2D eigenvalue weighted by molar-refractivity contribution is 7.14. The summed E-state index contributed by atoms with van der Waals surface area (Å²) in [5.74, 6) is -0.547. The van der Waals surface area contributed by atoms with Crippen molar-refractivity contribution in [3.8, 4) is 10.6 Å². The molecule has 0 aliphatic carbocycles. The van der Waals surface area contributed by atoms with Crippen molar-refractivity contribution in [1.29, 1.82) is 0 Å². The molecular weight excluding hydrogens is 358 g/mol. The maximum Gasteiger partial charge on any atom is 0.312 e. The largest absolute Gasteiger partial charge is 0.459 e. The van der Waals surface area contributed by atoms with Crippen molar-refractivity contribution in [3.05, 3.63) is 52.5 Å². The Bertz CT molecular complexity index is 874. The second-order valence-corrected chi connectivity index (χ2v) is 6.89. The summed E-state index contributed by atoms with van der Waals surface area (Å²) < 4.78 is 5.22. The second kappa shape index (κ2) is 8.00. The molecule has 0 saturated carbocycles. The third-order valence-electron chi connectivity index (χ3n) is 3.11. The summed E-state index contributed by atoms with van der Waals surface area (Å²) in [6.45, 7) is 1.49. The van der Waals surface area contributed by atoms with Crippen molar-refractivity contribution in [3.63, 3.8) is 0 Å². The van der Waals surface area contributed by atoms with E-state index in [9.17, 15) is 9.59 Å². The zero-order valence-corrected chi connectivity index (χ0v) is 15.0. The number of carbonyl (C=O) groups excluding carboxylic acids is 2. The molecule has 3 aromatic rings. The van der Waals surface area contributed by atoms with Gasteiger partial charge in [0.25, 0.3) is 0 Å². The quantitative estimate of drug-likeness (QED) is 0.669. The predicted molar refractivity (Wildman–Crippen MR) is 97.5 cm³/mol. The molecule has 1 amide bonds. The first-order valence-corrected chi connectivity index (χ1v) is 9.23. The Morgan fingerprint density at radius 1 is 1.08 bits per heavy atom. The SMILES string of the molecule is CC(=O)Nc1nc(COC(=O)Cc2csc(-c3ccccc3)n2)cs1. The van der Waals surface area contributed by atoms with Gasteiger partial charge in [-0.1, -0.05) is 30.3 Å². The number of amides is 1. The van der Waals surface area contributed by atoms with E-state index in [1.54, 1.807) is 5.38 Å². The summed E-state index contributed by atoms with van der Waals surface area (Å²) in [4.78, 5) is 31.6. The van der Waals surface area contributed by atoms with Crippen LogP contribution in [0.5, 0.6) is 0 Å². The Labute approximate surface area is 152 Å². The number of carbonyl (C=O) groups is 2. The number of aromatic nitrogens is 2. The maximum absolute atomic E-state index is 12.0. The van der Waals surface area contributed by atoms with Crippen molar-refractivity contribution in [2.75, 3.05) is 5.32 Å². The van der Waals surface area contributed by atoms with E-state index in [0.717, 1.165) is 10.6 Å². The molecule has 1 N–H and O–H groups in total. The minimum absolute atomic E-state index is 0.0740. The summed E-state index contributed by atoms with van der Waals surface area (Å²) in [5, 5.41) is 7.57. The summed E-state index contributed by atoms with van der Waals surface area (Å²) >= 11 is 2.79. The highest BCUT2D eigenvalue weighted by Crippen LogP contribution is 2.23. The Hall–Kier alpha value is -2.58. The number of nitrogens with zero attached hydrogens (tertiary/aromatic N) is 2. The molecule has 0 aliphatic heterocycles. The first-order chi connectivity index (χ1) is 12.1. The summed E-state index contributed by atoms with van der Waals surface area (Å²) in [7, 11) is 0. The second-order valence-electron chi connectivity index (χ2n) is 5.17. The van der Waals surface area contributed by atoms with Crippen LogP contribution in [0.25, 0.3) is 10.6 Å². The number of anilines is 1. The fraction of sp³-hybridized carbons (Fsp3) is 0.176. The van der Waals surface area contributed by atoms with Crippen LogP contribution >= 0.6 is 22.7 Å². The number of rotatable bonds is 6. The summed E-state index contributed by atoms with van der Waals surface area (Å²) in [6.07, 6.45) is 0.117. The molecule has 0 spiro atoms. The normalized spacial score (nSPS) is 10.4. The molecule has 0 radical (unpaired) electrons. The average Bonchev–Trinajstić information content (AvgIpc) is 3.23. The summed E-state index contributed by atoms with van der Waals surface area (Å²) in [5.41, 5.74) is 2.32. The van der Waals surface area contributed by atoms with Gasteiger partial charge >= 0.3 is 5.97 Å². The van der Waals surface area contributed by atoms with Gasteiger partial charge in [-0.05, 0) is 0 Å². The van der Waals surface area contributed by atoms with Crippen LogP contribution in [0.15, 0.2) is 41.1 Å². The van der Waals surface area contributed by atoms with E-state index >= 15 is 0 Å². The van der Waals surface area contributed by atoms with E-state index in [0.29, 0.717) is 16.5 Å². The molecule has 1 aromatic carbocycles. The lowest BCUT2D eigenvalue weighted by Gasteiger charge is -2.01. The van der Waals surface area contributed by atoms with Gasteiger partial charge in [0.2, 0.25) is 5.91 Å². The molecule has 2 aromatic heterocycles. The Kier molecular flexibility index (Phi) is 5.52. The third kappa shape index (κ3) is 4.94. The van der Waals surface area contributed by atoms with Crippen molar-refractivity contribution in [2.45, 2.75) is 20.0 Å². The van der Waals surface area contributed by atoms with E-state index < -0.39 is 0 Å². The van der Waals surface area contributed by atoms with Crippen LogP contribution in [0.1, 0.15) is 18.3 Å². The fourth-order valence-electron chi connectivity index (χ4n) is 2.04. The topological polar surface area (TPSA) is 81.2 Å². The van der Waals surface area contributed by atoms with E-state index in [-0.39, 0.29) is 24.9 Å². The van der Waals surface area contributed by atoms with Gasteiger partial charge in [-0.2, -0.15) is 0 Å². The molecule has 128 valence electrons. The lowest BCUT2D eigenvalue weighted by Crippen LogP contribution is -2.09. The van der Waals surface area contributed by atoms with Crippen molar-refractivity contribution >= 4 is 39.7 Å². The number of hydrogen-bond acceptors (Lipinski definition) is 7. The molecule has 6 nitrogen and oxygen atoms in total. The van der Waals surface area contributed by atoms with Crippen LogP contribution in [0.3, 0.4) is 0 Å². The van der Waals surface area contributed by atoms with E-state index in [1.165, 1.54) is 29.6 Å². The highest BCUT2D eigenvalue weighted by Gasteiger charge is 2.11. The van der Waals surface area contributed by atoms with Gasteiger partial charge in [0.05, 0.1) is 17.8 Å². The fourth-order valence-corrected chi connectivity index (χ4v) is 3.60. The number of thiazole rings is 2. The van der Waals surface area contributed by atoms with Crippen LogP contribution < -0.4 is 5.32 Å². The monoisotopic (exact) mass is 373 g/mol. The van der Waals surface area contributed by atoms with Crippen LogP contribution in [0.2, 0.25) is 0 Å². The molecule has 0 saturated heterocycles. The van der Waals surface area contributed by atoms with Gasteiger partial charge in [-0.25, -0.2) is 9.97 Å². The minimum atomic E-state index is -0.362. The van der Waals surface area contributed by atoms with Crippen LogP contribution in [0, 0.1) is 0 Å². The molecule has 8 heteroatoms. The van der Waals surface area contributed by atoms with Crippen molar-refractivity contribution in [2.24, 2.45) is 0 Å². The highest BCUT2D eigenvalue weighted by atomic mass is 32.1. The zero-order valence-electron chi connectivity index (χ0n) is 13.4. The molecule has 3 rings (SSSR count). The molecule has 0 bridgehead atoms. The Morgan fingerprint density at radius 3 is 2.60 bits per heavy atom. The molecule has 0 unspecified atom stereocenters. The molecule has 0 aliphatic rings. The van der Waals surface area contributed by atoms with Gasteiger partial charge in [-0.15, -0.1) is 22.7 Å². The van der Waals surface area contributed by atoms with Crippen molar-refractivity contribution in [1.82, 2.24) is 9.97 Å². The molecule has 25 heavy (non-hydrogen) atoms. The number of ether oxygens (including phenoxy) is 1. The van der Waals surface area contributed by atoms with Crippen LogP contribution in [0.4, 0.5) is 5.13 Å². The first kappa shape index (κ1) is 17.2. The standard InChI is InChI=1S/C17H15N3O3S2/c1-11(21)18-17-20-14(10-25-17)8-23-15(22)7-13-9-24-16(19-13)12-5-3-2-4-6-12/h2-6,9-10H,7-8H2,1H3,(H,18,20,21). The average molecular weight is 373 g/mol. The van der Waals surface area contributed by atoms with Gasteiger partial charge in [0.15, 0.2) is 5.13 Å². The minimum Gasteiger partial charge on any atom is -0.459 e. The van der Waals surface area contributed by atoms with Gasteiger partial charge in [-0.3, -0.25) is 9.59 Å². The van der Waals surface area contributed by atoms with Crippen molar-refractivity contribution < 1.29 is 14.3 Å². The van der Waals surface area contributed by atoms with Gasteiger partial charge in [0, 0.05) is 23.2 Å². The molecule has 2 heterocycles. The molecule has 0 fully saturated rings.